The first-order valence-corrected chi connectivity index (χ1v) is 9.45. The van der Waals surface area contributed by atoms with Crippen molar-refractivity contribution in [1.82, 2.24) is 9.55 Å². The zero-order chi connectivity index (χ0) is 19.5. The van der Waals surface area contributed by atoms with Crippen molar-refractivity contribution in [3.05, 3.63) is 104 Å². The van der Waals surface area contributed by atoms with Crippen molar-refractivity contribution in [3.8, 4) is 0 Å². The molecular weight excluding hydrogens is 376 g/mol. The predicted molar refractivity (Wildman–Crippen MR) is 108 cm³/mol. The van der Waals surface area contributed by atoms with Crippen LogP contribution >= 0.6 is 11.3 Å². The van der Waals surface area contributed by atoms with Crippen LogP contribution in [0, 0.1) is 0 Å². The number of hydrogen-bond acceptors (Lipinski definition) is 5. The molecule has 2 aromatic heterocycles. The summed E-state index contributed by atoms with van der Waals surface area (Å²) in [7, 11) is 0. The third kappa shape index (κ3) is 3.65. The highest BCUT2D eigenvalue weighted by Crippen LogP contribution is 2.21. The summed E-state index contributed by atoms with van der Waals surface area (Å²) in [5.74, 6) is -0.528. The van der Waals surface area contributed by atoms with Gasteiger partial charge in [-0.1, -0.05) is 60.7 Å². The summed E-state index contributed by atoms with van der Waals surface area (Å²) in [5.41, 5.74) is 1.12. The van der Waals surface area contributed by atoms with Crippen LogP contribution in [0.5, 0.6) is 0 Å². The van der Waals surface area contributed by atoms with Crippen molar-refractivity contribution in [1.29, 1.82) is 0 Å². The second-order valence-electron chi connectivity index (χ2n) is 6.22. The molecule has 0 unspecified atom stereocenters. The molecule has 6 nitrogen and oxygen atoms in total. The zero-order valence-corrected chi connectivity index (χ0v) is 15.6. The molecule has 0 amide bonds. The number of esters is 1. The third-order valence-electron chi connectivity index (χ3n) is 4.26. The van der Waals surface area contributed by atoms with E-state index in [0.717, 1.165) is 27.0 Å². The number of carbonyl (C=O) groups is 1. The van der Waals surface area contributed by atoms with E-state index in [1.807, 2.05) is 60.7 Å². The molecule has 2 heterocycles. The molecule has 4 rings (SSSR count). The molecule has 28 heavy (non-hydrogen) atoms. The van der Waals surface area contributed by atoms with Gasteiger partial charge in [-0.2, -0.15) is 0 Å². The van der Waals surface area contributed by atoms with Crippen LogP contribution in [0.3, 0.4) is 0 Å². The van der Waals surface area contributed by atoms with Crippen LogP contribution < -0.4 is 11.2 Å². The van der Waals surface area contributed by atoms with Crippen molar-refractivity contribution in [2.45, 2.75) is 13.2 Å². The zero-order valence-electron chi connectivity index (χ0n) is 14.8. The van der Waals surface area contributed by atoms with Gasteiger partial charge in [0.15, 0.2) is 0 Å². The Morgan fingerprint density at radius 1 is 0.964 bits per heavy atom. The number of thiophene rings is 1. The lowest BCUT2D eigenvalue weighted by Gasteiger charge is -2.04. The number of hydrogen-bond donors (Lipinski definition) is 1. The second-order valence-corrected chi connectivity index (χ2v) is 7.27. The summed E-state index contributed by atoms with van der Waals surface area (Å²) in [5, 5.41) is 0. The van der Waals surface area contributed by atoms with E-state index in [9.17, 15) is 14.4 Å². The number of nitrogens with one attached hydrogen (secondary N) is 1. The van der Waals surface area contributed by atoms with E-state index in [0.29, 0.717) is 10.2 Å². The van der Waals surface area contributed by atoms with Crippen LogP contribution in [0.25, 0.3) is 10.2 Å². The predicted octanol–water partition coefficient (Wildman–Crippen LogP) is 3.16. The Kier molecular flexibility index (Phi) is 4.90. The van der Waals surface area contributed by atoms with Crippen molar-refractivity contribution in [3.63, 3.8) is 0 Å². The molecule has 0 bridgehead atoms. The molecule has 4 aromatic rings. The standard InChI is InChI=1S/C21H16N2O4S/c24-19-18-16(22-21(26)23(19)12-14-7-3-1-4-8-14)11-17(28-18)20(25)27-13-15-9-5-2-6-10-15/h1-11H,12-13H2,(H,22,26). The number of fused-ring (bicyclic) bond motifs is 1. The number of aromatic amines is 1. The van der Waals surface area contributed by atoms with Gasteiger partial charge in [-0.05, 0) is 17.2 Å². The highest BCUT2D eigenvalue weighted by atomic mass is 32.1. The van der Waals surface area contributed by atoms with E-state index in [4.69, 9.17) is 4.74 Å². The van der Waals surface area contributed by atoms with Crippen LogP contribution in [0.2, 0.25) is 0 Å². The molecular formula is C21H16N2O4S. The molecule has 0 radical (unpaired) electrons. The van der Waals surface area contributed by atoms with Crippen LogP contribution in [-0.4, -0.2) is 15.5 Å². The average molecular weight is 392 g/mol. The van der Waals surface area contributed by atoms with E-state index in [1.165, 1.54) is 6.07 Å². The molecule has 2 aromatic carbocycles. The third-order valence-corrected chi connectivity index (χ3v) is 5.36. The first kappa shape index (κ1) is 17.9. The van der Waals surface area contributed by atoms with Gasteiger partial charge in [-0.25, -0.2) is 9.59 Å². The molecule has 7 heteroatoms. The number of carbonyl (C=O) groups excluding carboxylic acids is 1. The Labute approximate surface area is 163 Å². The highest BCUT2D eigenvalue weighted by molar-refractivity contribution is 7.20. The molecule has 0 aliphatic heterocycles. The Bertz CT molecular complexity index is 1240. The molecule has 0 saturated heterocycles. The Balaban J connectivity index is 1.62. The van der Waals surface area contributed by atoms with Crippen molar-refractivity contribution >= 4 is 27.5 Å². The van der Waals surface area contributed by atoms with E-state index in [1.54, 1.807) is 0 Å². The summed E-state index contributed by atoms with van der Waals surface area (Å²) < 4.78 is 6.76. The quantitative estimate of drug-likeness (QED) is 0.529. The van der Waals surface area contributed by atoms with Gasteiger partial charge >= 0.3 is 11.7 Å². The lowest BCUT2D eigenvalue weighted by molar-refractivity contribution is 0.0478. The lowest BCUT2D eigenvalue weighted by atomic mass is 10.2. The minimum absolute atomic E-state index is 0.142. The van der Waals surface area contributed by atoms with Gasteiger partial charge in [0.2, 0.25) is 0 Å². The van der Waals surface area contributed by atoms with E-state index < -0.39 is 17.2 Å². The fourth-order valence-corrected chi connectivity index (χ4v) is 3.80. The maximum absolute atomic E-state index is 12.8. The van der Waals surface area contributed by atoms with Gasteiger partial charge < -0.3 is 9.72 Å². The fraction of sp³-hybridized carbons (Fsp3) is 0.0952. The summed E-state index contributed by atoms with van der Waals surface area (Å²) >= 11 is 1.02. The Hall–Kier alpha value is -3.45. The largest absolute Gasteiger partial charge is 0.457 e. The minimum Gasteiger partial charge on any atom is -0.457 e. The van der Waals surface area contributed by atoms with E-state index >= 15 is 0 Å². The normalized spacial score (nSPS) is 10.9. The van der Waals surface area contributed by atoms with Crippen LogP contribution in [0.1, 0.15) is 20.8 Å². The molecule has 0 spiro atoms. The first-order valence-electron chi connectivity index (χ1n) is 8.63. The summed E-state index contributed by atoms with van der Waals surface area (Å²) in [6.45, 7) is 0.305. The SMILES string of the molecule is O=C(OCc1ccccc1)c1cc2[nH]c(=O)n(Cc3ccccc3)c(=O)c2s1. The maximum Gasteiger partial charge on any atom is 0.348 e. The van der Waals surface area contributed by atoms with Gasteiger partial charge in [-0.3, -0.25) is 9.36 Å². The summed E-state index contributed by atoms with van der Waals surface area (Å²) in [4.78, 5) is 40.4. The molecule has 1 N–H and O–H groups in total. The molecule has 0 saturated carbocycles. The molecule has 0 aliphatic rings. The molecule has 0 aliphatic carbocycles. The van der Waals surface area contributed by atoms with Gasteiger partial charge in [-0.15, -0.1) is 11.3 Å². The van der Waals surface area contributed by atoms with E-state index in [-0.39, 0.29) is 18.0 Å². The number of nitrogens with zero attached hydrogens (tertiary/aromatic N) is 1. The number of rotatable bonds is 5. The van der Waals surface area contributed by atoms with Gasteiger partial charge in [0.05, 0.1) is 12.1 Å². The molecule has 0 atom stereocenters. The first-order chi connectivity index (χ1) is 13.6. The number of H-pyrrole nitrogens is 1. The second kappa shape index (κ2) is 7.66. The van der Waals surface area contributed by atoms with Gasteiger partial charge in [0.1, 0.15) is 16.2 Å². The maximum atomic E-state index is 12.8. The van der Waals surface area contributed by atoms with Gasteiger partial charge in [0.25, 0.3) is 5.56 Å². The van der Waals surface area contributed by atoms with Gasteiger partial charge in [0, 0.05) is 0 Å². The molecule has 140 valence electrons. The monoisotopic (exact) mass is 392 g/mol. The number of benzene rings is 2. The highest BCUT2D eigenvalue weighted by Gasteiger charge is 2.17. The smallest absolute Gasteiger partial charge is 0.348 e. The van der Waals surface area contributed by atoms with Crippen molar-refractivity contribution in [2.75, 3.05) is 0 Å². The number of ether oxygens (including phenoxy) is 1. The average Bonchev–Trinajstić information content (AvgIpc) is 3.15. The van der Waals surface area contributed by atoms with Crippen molar-refractivity contribution in [2.24, 2.45) is 0 Å². The van der Waals surface area contributed by atoms with Crippen LogP contribution in [0.15, 0.2) is 76.3 Å². The summed E-state index contributed by atoms with van der Waals surface area (Å²) in [6.07, 6.45) is 0. The molecule has 0 fully saturated rings. The topological polar surface area (TPSA) is 81.2 Å². The lowest BCUT2D eigenvalue weighted by Crippen LogP contribution is -2.34. The Morgan fingerprint density at radius 3 is 2.29 bits per heavy atom. The van der Waals surface area contributed by atoms with Crippen LogP contribution in [-0.2, 0) is 17.9 Å². The van der Waals surface area contributed by atoms with Crippen LogP contribution in [0.4, 0.5) is 0 Å². The number of aromatic nitrogens is 2. The minimum atomic E-state index is -0.528. The Morgan fingerprint density at radius 2 is 1.61 bits per heavy atom. The summed E-state index contributed by atoms with van der Waals surface area (Å²) in [6, 6.07) is 20.1. The fourth-order valence-electron chi connectivity index (χ4n) is 2.84. The van der Waals surface area contributed by atoms with Crippen molar-refractivity contribution < 1.29 is 9.53 Å². The van der Waals surface area contributed by atoms with E-state index in [2.05, 4.69) is 4.98 Å².